The average molecular weight is 346 g/mol. The van der Waals surface area contributed by atoms with E-state index in [-0.39, 0.29) is 0 Å². The fourth-order valence-electron chi connectivity index (χ4n) is 1.63. The lowest BCUT2D eigenvalue weighted by Crippen LogP contribution is -2.19. The Hall–Kier alpha value is -0.190. The van der Waals surface area contributed by atoms with Crippen molar-refractivity contribution in [2.75, 3.05) is 24.7 Å². The van der Waals surface area contributed by atoms with Gasteiger partial charge in [0.15, 0.2) is 0 Å². The maximum atomic E-state index is 5.76. The molecule has 1 aromatic carbocycles. The van der Waals surface area contributed by atoms with Gasteiger partial charge in [-0.1, -0.05) is 36.7 Å². The topological polar surface area (TPSA) is 21.3 Å². The van der Waals surface area contributed by atoms with Crippen LogP contribution in [0.5, 0.6) is 5.75 Å². The third-order valence-electron chi connectivity index (χ3n) is 2.59. The number of benzene rings is 1. The summed E-state index contributed by atoms with van der Waals surface area (Å²) in [7, 11) is 0. The Morgan fingerprint density at radius 2 is 2.16 bits per heavy atom. The lowest BCUT2D eigenvalue weighted by molar-refractivity contribution is 0.343. The van der Waals surface area contributed by atoms with Crippen molar-refractivity contribution in [3.05, 3.63) is 28.2 Å². The molecule has 1 aromatic rings. The molecule has 0 aliphatic rings. The molecule has 0 aliphatic carbocycles. The third kappa shape index (κ3) is 7.23. The molecule has 108 valence electrons. The third-order valence-corrected chi connectivity index (χ3v) is 4.22. The van der Waals surface area contributed by atoms with Gasteiger partial charge >= 0.3 is 0 Å². The zero-order valence-electron chi connectivity index (χ0n) is 12.0. The number of rotatable bonds is 9. The summed E-state index contributed by atoms with van der Waals surface area (Å²) in [6.45, 7) is 9.28. The Bertz CT molecular complexity index is 371. The van der Waals surface area contributed by atoms with Crippen LogP contribution in [0.15, 0.2) is 22.7 Å². The van der Waals surface area contributed by atoms with Crippen molar-refractivity contribution in [1.29, 1.82) is 0 Å². The summed E-state index contributed by atoms with van der Waals surface area (Å²) in [6.07, 6.45) is 0. The molecular weight excluding hydrogens is 322 g/mol. The number of thioether (sulfide) groups is 1. The van der Waals surface area contributed by atoms with Crippen LogP contribution in [-0.2, 0) is 6.54 Å². The maximum absolute atomic E-state index is 5.76. The van der Waals surface area contributed by atoms with Gasteiger partial charge < -0.3 is 10.1 Å². The second-order valence-electron chi connectivity index (χ2n) is 4.82. The number of hydrogen-bond acceptors (Lipinski definition) is 3. The van der Waals surface area contributed by atoms with Crippen LogP contribution in [0.1, 0.15) is 26.3 Å². The molecule has 0 amide bonds. The fourth-order valence-corrected chi connectivity index (χ4v) is 2.51. The van der Waals surface area contributed by atoms with E-state index < -0.39 is 0 Å². The zero-order chi connectivity index (χ0) is 14.1. The standard InChI is InChI=1S/C15H24BrNOS/c1-4-19-8-7-18-14-5-6-15(16)13(9-14)11-17-10-12(2)3/h5-6,9,12,17H,4,7-8,10-11H2,1-3H3. The van der Waals surface area contributed by atoms with Gasteiger partial charge in [-0.2, -0.15) is 11.8 Å². The first kappa shape index (κ1) is 16.9. The highest BCUT2D eigenvalue weighted by Crippen LogP contribution is 2.22. The van der Waals surface area contributed by atoms with Crippen molar-refractivity contribution < 1.29 is 4.74 Å². The zero-order valence-corrected chi connectivity index (χ0v) is 14.4. The monoisotopic (exact) mass is 345 g/mol. The molecule has 0 spiro atoms. The van der Waals surface area contributed by atoms with Gasteiger partial charge in [0.25, 0.3) is 0 Å². The first-order valence-corrected chi connectivity index (χ1v) is 8.78. The van der Waals surface area contributed by atoms with E-state index in [1.54, 1.807) is 0 Å². The van der Waals surface area contributed by atoms with E-state index in [0.29, 0.717) is 5.92 Å². The smallest absolute Gasteiger partial charge is 0.119 e. The highest BCUT2D eigenvalue weighted by atomic mass is 79.9. The number of nitrogens with one attached hydrogen (secondary N) is 1. The van der Waals surface area contributed by atoms with Crippen molar-refractivity contribution in [2.24, 2.45) is 5.92 Å². The van der Waals surface area contributed by atoms with E-state index in [9.17, 15) is 0 Å². The predicted molar refractivity (Wildman–Crippen MR) is 89.2 cm³/mol. The molecule has 0 saturated heterocycles. The maximum Gasteiger partial charge on any atom is 0.119 e. The molecule has 0 fully saturated rings. The first-order valence-electron chi connectivity index (χ1n) is 6.83. The average Bonchev–Trinajstić information content (AvgIpc) is 2.37. The molecule has 2 nitrogen and oxygen atoms in total. The van der Waals surface area contributed by atoms with Crippen LogP contribution >= 0.6 is 27.7 Å². The number of hydrogen-bond donors (Lipinski definition) is 1. The van der Waals surface area contributed by atoms with Gasteiger partial charge in [-0.25, -0.2) is 0 Å². The molecule has 0 atom stereocenters. The van der Waals surface area contributed by atoms with Crippen molar-refractivity contribution in [1.82, 2.24) is 5.32 Å². The summed E-state index contributed by atoms with van der Waals surface area (Å²) in [4.78, 5) is 0. The Labute approximate surface area is 129 Å². The molecule has 19 heavy (non-hydrogen) atoms. The normalized spacial score (nSPS) is 11.0. The molecule has 0 saturated carbocycles. The summed E-state index contributed by atoms with van der Waals surface area (Å²) in [5, 5.41) is 3.46. The fraction of sp³-hybridized carbons (Fsp3) is 0.600. The minimum absolute atomic E-state index is 0.671. The first-order chi connectivity index (χ1) is 9.13. The van der Waals surface area contributed by atoms with Crippen molar-refractivity contribution in [3.8, 4) is 5.75 Å². The second kappa shape index (κ2) is 9.67. The van der Waals surface area contributed by atoms with E-state index in [4.69, 9.17) is 4.74 Å². The van der Waals surface area contributed by atoms with Crippen LogP contribution in [-0.4, -0.2) is 24.7 Å². The number of halogens is 1. The summed E-state index contributed by atoms with van der Waals surface area (Å²) in [5.74, 6) is 3.83. The Kier molecular flexibility index (Phi) is 8.58. The Morgan fingerprint density at radius 1 is 1.37 bits per heavy atom. The highest BCUT2D eigenvalue weighted by Gasteiger charge is 2.03. The van der Waals surface area contributed by atoms with Crippen LogP contribution in [0, 0.1) is 5.92 Å². The van der Waals surface area contributed by atoms with Gasteiger partial charge in [-0.3, -0.25) is 0 Å². The molecule has 4 heteroatoms. The van der Waals surface area contributed by atoms with Crippen LogP contribution in [0.3, 0.4) is 0 Å². The lowest BCUT2D eigenvalue weighted by atomic mass is 10.2. The lowest BCUT2D eigenvalue weighted by Gasteiger charge is -2.11. The van der Waals surface area contributed by atoms with Gasteiger partial charge in [-0.05, 0) is 42.0 Å². The van der Waals surface area contributed by atoms with E-state index in [0.717, 1.165) is 41.4 Å². The van der Waals surface area contributed by atoms with E-state index in [1.807, 2.05) is 17.8 Å². The van der Waals surface area contributed by atoms with E-state index in [2.05, 4.69) is 54.2 Å². The molecular formula is C15H24BrNOS. The Balaban J connectivity index is 2.46. The molecule has 0 radical (unpaired) electrons. The van der Waals surface area contributed by atoms with Crippen molar-refractivity contribution in [3.63, 3.8) is 0 Å². The number of ether oxygens (including phenoxy) is 1. The van der Waals surface area contributed by atoms with Gasteiger partial charge in [0.05, 0.1) is 6.61 Å². The van der Waals surface area contributed by atoms with Crippen LogP contribution in [0.2, 0.25) is 0 Å². The molecule has 0 unspecified atom stereocenters. The summed E-state index contributed by atoms with van der Waals surface area (Å²) in [6, 6.07) is 6.20. The van der Waals surface area contributed by atoms with Crippen molar-refractivity contribution >= 4 is 27.7 Å². The predicted octanol–water partition coefficient (Wildman–Crippen LogP) is 4.33. The molecule has 1 rings (SSSR count). The minimum atomic E-state index is 0.671. The SMILES string of the molecule is CCSCCOc1ccc(Br)c(CNCC(C)C)c1. The largest absolute Gasteiger partial charge is 0.493 e. The molecule has 0 aliphatic heterocycles. The van der Waals surface area contributed by atoms with Crippen LogP contribution in [0.25, 0.3) is 0 Å². The molecule has 0 aromatic heterocycles. The molecule has 0 bridgehead atoms. The van der Waals surface area contributed by atoms with Crippen LogP contribution < -0.4 is 10.1 Å². The van der Waals surface area contributed by atoms with E-state index in [1.165, 1.54) is 5.56 Å². The molecule has 0 heterocycles. The van der Waals surface area contributed by atoms with Crippen LogP contribution in [0.4, 0.5) is 0 Å². The minimum Gasteiger partial charge on any atom is -0.493 e. The van der Waals surface area contributed by atoms with E-state index >= 15 is 0 Å². The Morgan fingerprint density at radius 3 is 2.84 bits per heavy atom. The van der Waals surface area contributed by atoms with Gasteiger partial charge in [0, 0.05) is 16.8 Å². The second-order valence-corrected chi connectivity index (χ2v) is 7.07. The summed E-state index contributed by atoms with van der Waals surface area (Å²) >= 11 is 5.50. The van der Waals surface area contributed by atoms with Gasteiger partial charge in [-0.15, -0.1) is 0 Å². The highest BCUT2D eigenvalue weighted by molar-refractivity contribution is 9.10. The van der Waals surface area contributed by atoms with Gasteiger partial charge in [0.1, 0.15) is 5.75 Å². The van der Waals surface area contributed by atoms with Gasteiger partial charge in [0.2, 0.25) is 0 Å². The molecule has 1 N–H and O–H groups in total. The van der Waals surface area contributed by atoms with Crippen molar-refractivity contribution in [2.45, 2.75) is 27.3 Å². The quantitative estimate of drug-likeness (QED) is 0.673. The summed E-state index contributed by atoms with van der Waals surface area (Å²) in [5.41, 5.74) is 1.25. The summed E-state index contributed by atoms with van der Waals surface area (Å²) < 4.78 is 6.90.